The molecule has 1 unspecified atom stereocenters. The van der Waals surface area contributed by atoms with Crippen LogP contribution < -0.4 is 9.64 Å². The van der Waals surface area contributed by atoms with Crippen LogP contribution in [0.4, 0.5) is 6.01 Å². The van der Waals surface area contributed by atoms with Crippen molar-refractivity contribution < 1.29 is 18.8 Å². The number of rotatable bonds is 10. The van der Waals surface area contributed by atoms with E-state index in [4.69, 9.17) is 14.0 Å². The molecule has 2 aliphatic rings. The fourth-order valence-electron chi connectivity index (χ4n) is 4.87. The largest absolute Gasteiger partial charge is 0.494 e. The van der Waals surface area contributed by atoms with Crippen LogP contribution >= 0.6 is 0 Å². The molecule has 1 aliphatic carbocycles. The second kappa shape index (κ2) is 10.5. The quantitative estimate of drug-likeness (QED) is 0.541. The van der Waals surface area contributed by atoms with E-state index in [1.807, 2.05) is 25.1 Å². The highest BCUT2D eigenvalue weighted by molar-refractivity contribution is 5.78. The summed E-state index contributed by atoms with van der Waals surface area (Å²) in [7, 11) is 5.21. The monoisotopic (exact) mass is 456 g/mol. The summed E-state index contributed by atoms with van der Waals surface area (Å²) in [5.41, 5.74) is 2.17. The third-order valence-corrected chi connectivity index (χ3v) is 7.04. The molecule has 0 spiro atoms. The minimum atomic E-state index is 0.116. The Labute approximate surface area is 196 Å². The van der Waals surface area contributed by atoms with Gasteiger partial charge in [0, 0.05) is 34.3 Å². The van der Waals surface area contributed by atoms with Crippen LogP contribution in [0.1, 0.15) is 42.6 Å². The maximum absolute atomic E-state index is 12.0. The first-order valence-corrected chi connectivity index (χ1v) is 11.9. The molecule has 1 saturated heterocycles. The number of carbonyl (C=O) groups is 1. The number of aromatic nitrogens is 2. The summed E-state index contributed by atoms with van der Waals surface area (Å²) in [5.74, 6) is 3.99. The average Bonchev–Trinajstić information content (AvgIpc) is 3.42. The lowest BCUT2D eigenvalue weighted by atomic mass is 9.90. The van der Waals surface area contributed by atoms with Crippen molar-refractivity contribution in [2.24, 2.45) is 17.8 Å². The Morgan fingerprint density at radius 2 is 2.06 bits per heavy atom. The molecule has 0 N–H and O–H groups in total. The molecule has 1 amide bonds. The second-order valence-electron chi connectivity index (χ2n) is 9.60. The van der Waals surface area contributed by atoms with E-state index in [-0.39, 0.29) is 5.91 Å². The highest BCUT2D eigenvalue weighted by atomic mass is 16.5. The molecule has 2 atom stereocenters. The van der Waals surface area contributed by atoms with E-state index < -0.39 is 0 Å². The number of methoxy groups -OCH3 is 1. The third kappa shape index (κ3) is 6.05. The van der Waals surface area contributed by atoms with Crippen LogP contribution in [0.25, 0.3) is 0 Å². The van der Waals surface area contributed by atoms with Gasteiger partial charge in [-0.05, 0) is 73.6 Å². The molecule has 33 heavy (non-hydrogen) atoms. The molecule has 4 rings (SSSR count). The lowest BCUT2D eigenvalue weighted by molar-refractivity contribution is -0.127. The molecule has 1 aromatic heterocycles. The van der Waals surface area contributed by atoms with E-state index in [0.29, 0.717) is 24.9 Å². The third-order valence-electron chi connectivity index (χ3n) is 7.04. The van der Waals surface area contributed by atoms with Gasteiger partial charge in [-0.1, -0.05) is 11.2 Å². The number of nitrogens with zero attached hydrogens (tertiary/aromatic N) is 4. The first kappa shape index (κ1) is 23.5. The molecule has 1 aliphatic heterocycles. The lowest BCUT2D eigenvalue weighted by Gasteiger charge is -2.30. The standard InChI is InChI=1S/C25H36N4O4/c1-17-13-21(6-5-19(17)15-24(30)28(2)3)32-12-9-20-14-22(20)18-7-10-29(11-8-18)25-26-23(16-31-4)27-33-25/h5-6,13,18,20,22H,7-12,14-16H2,1-4H3/t20?,22-/m1/s1. The van der Waals surface area contributed by atoms with Gasteiger partial charge >= 0.3 is 6.01 Å². The van der Waals surface area contributed by atoms with E-state index in [2.05, 4.69) is 15.0 Å². The zero-order valence-electron chi connectivity index (χ0n) is 20.2. The predicted octanol–water partition coefficient (Wildman–Crippen LogP) is 3.48. The number of hydrogen-bond donors (Lipinski definition) is 0. The minimum Gasteiger partial charge on any atom is -0.494 e. The highest BCUT2D eigenvalue weighted by Crippen LogP contribution is 2.50. The van der Waals surface area contributed by atoms with Gasteiger partial charge in [-0.25, -0.2) is 0 Å². The number of aryl methyl sites for hydroxylation is 1. The van der Waals surface area contributed by atoms with Gasteiger partial charge in [-0.2, -0.15) is 4.98 Å². The fourth-order valence-corrected chi connectivity index (χ4v) is 4.87. The molecule has 2 aromatic rings. The minimum absolute atomic E-state index is 0.116. The zero-order valence-corrected chi connectivity index (χ0v) is 20.2. The topological polar surface area (TPSA) is 80.9 Å². The summed E-state index contributed by atoms with van der Waals surface area (Å²) in [6, 6.07) is 6.67. The van der Waals surface area contributed by atoms with Crippen molar-refractivity contribution >= 4 is 11.9 Å². The van der Waals surface area contributed by atoms with Crippen molar-refractivity contribution in [1.29, 1.82) is 0 Å². The average molecular weight is 457 g/mol. The predicted molar refractivity (Wildman–Crippen MR) is 125 cm³/mol. The maximum Gasteiger partial charge on any atom is 0.324 e. The van der Waals surface area contributed by atoms with Gasteiger partial charge in [-0.3, -0.25) is 4.79 Å². The summed E-state index contributed by atoms with van der Waals surface area (Å²) < 4.78 is 16.5. The van der Waals surface area contributed by atoms with Gasteiger partial charge in [-0.15, -0.1) is 0 Å². The number of piperidine rings is 1. The molecule has 180 valence electrons. The Morgan fingerprint density at radius 1 is 1.27 bits per heavy atom. The normalized spacial score (nSPS) is 20.7. The number of amides is 1. The van der Waals surface area contributed by atoms with Crippen LogP contribution in [-0.2, 0) is 22.6 Å². The number of benzene rings is 1. The summed E-state index contributed by atoms with van der Waals surface area (Å²) in [6.45, 7) is 5.12. The van der Waals surface area contributed by atoms with Crippen molar-refractivity contribution in [2.45, 2.75) is 45.6 Å². The second-order valence-corrected chi connectivity index (χ2v) is 9.60. The van der Waals surface area contributed by atoms with Gasteiger partial charge in [0.2, 0.25) is 5.91 Å². The molecule has 2 heterocycles. The van der Waals surface area contributed by atoms with Crippen molar-refractivity contribution in [3.63, 3.8) is 0 Å². The van der Waals surface area contributed by atoms with Crippen LogP contribution in [0, 0.1) is 24.7 Å². The molecule has 2 fully saturated rings. The van der Waals surface area contributed by atoms with E-state index in [9.17, 15) is 4.79 Å². The van der Waals surface area contributed by atoms with Crippen LogP contribution in [0.5, 0.6) is 5.75 Å². The van der Waals surface area contributed by atoms with Gasteiger partial charge in [0.05, 0.1) is 13.0 Å². The number of anilines is 1. The first-order chi connectivity index (χ1) is 15.9. The highest BCUT2D eigenvalue weighted by Gasteiger charge is 2.43. The van der Waals surface area contributed by atoms with Crippen molar-refractivity contribution in [3.8, 4) is 5.75 Å². The van der Waals surface area contributed by atoms with Crippen molar-refractivity contribution in [1.82, 2.24) is 15.0 Å². The Bertz CT molecular complexity index is 936. The molecule has 8 heteroatoms. The Morgan fingerprint density at radius 3 is 2.76 bits per heavy atom. The number of ether oxygens (including phenoxy) is 2. The van der Waals surface area contributed by atoms with Crippen LogP contribution in [0.2, 0.25) is 0 Å². The summed E-state index contributed by atoms with van der Waals surface area (Å²) in [4.78, 5) is 20.2. The van der Waals surface area contributed by atoms with Gasteiger partial charge in [0.15, 0.2) is 5.82 Å². The number of carbonyl (C=O) groups excluding carboxylic acids is 1. The summed E-state index contributed by atoms with van der Waals surface area (Å²) >= 11 is 0. The number of likely N-dealkylation sites (N-methyl/N-ethyl adjacent to an activating group) is 1. The van der Waals surface area contributed by atoms with Gasteiger partial charge in [0.1, 0.15) is 12.4 Å². The summed E-state index contributed by atoms with van der Waals surface area (Å²) in [6.07, 6.45) is 5.21. The Balaban J connectivity index is 1.16. The Hall–Kier alpha value is -2.61. The van der Waals surface area contributed by atoms with Crippen LogP contribution in [0.15, 0.2) is 22.7 Å². The molecule has 0 radical (unpaired) electrons. The fraction of sp³-hybridized carbons (Fsp3) is 0.640. The van der Waals surface area contributed by atoms with E-state index in [0.717, 1.165) is 60.7 Å². The molecule has 8 nitrogen and oxygen atoms in total. The van der Waals surface area contributed by atoms with E-state index >= 15 is 0 Å². The smallest absolute Gasteiger partial charge is 0.324 e. The van der Waals surface area contributed by atoms with Crippen LogP contribution in [0.3, 0.4) is 0 Å². The molecule has 0 bridgehead atoms. The van der Waals surface area contributed by atoms with Crippen molar-refractivity contribution in [3.05, 3.63) is 35.2 Å². The Kier molecular flexibility index (Phi) is 7.53. The van der Waals surface area contributed by atoms with Gasteiger partial charge in [0.25, 0.3) is 0 Å². The van der Waals surface area contributed by atoms with E-state index in [1.54, 1.807) is 26.1 Å². The van der Waals surface area contributed by atoms with Crippen molar-refractivity contribution in [2.75, 3.05) is 45.8 Å². The molecule has 1 aromatic carbocycles. The van der Waals surface area contributed by atoms with Gasteiger partial charge < -0.3 is 23.8 Å². The lowest BCUT2D eigenvalue weighted by Crippen LogP contribution is -2.34. The summed E-state index contributed by atoms with van der Waals surface area (Å²) in [5, 5.41) is 3.96. The molecular formula is C25H36N4O4. The zero-order chi connectivity index (χ0) is 23.4. The van der Waals surface area contributed by atoms with E-state index in [1.165, 1.54) is 19.3 Å². The molecule has 1 saturated carbocycles. The maximum atomic E-state index is 12.0. The first-order valence-electron chi connectivity index (χ1n) is 11.9. The molecular weight excluding hydrogens is 420 g/mol. The SMILES string of the molecule is COCc1noc(N2CCC([C@H]3CC3CCOc3ccc(CC(=O)N(C)C)c(C)c3)CC2)n1. The van der Waals surface area contributed by atoms with Crippen LogP contribution in [-0.4, -0.2) is 61.8 Å². The number of hydrogen-bond acceptors (Lipinski definition) is 7.